The second-order valence-corrected chi connectivity index (χ2v) is 13.5. The van der Waals surface area contributed by atoms with Crippen LogP contribution >= 0.6 is 0 Å². The summed E-state index contributed by atoms with van der Waals surface area (Å²) >= 11 is 0. The van der Waals surface area contributed by atoms with Crippen LogP contribution < -0.4 is 0 Å². The van der Waals surface area contributed by atoms with Gasteiger partial charge in [-0.05, 0) is 16.6 Å². The Balaban J connectivity index is 2.10. The first-order chi connectivity index (χ1) is 10.2. The summed E-state index contributed by atoms with van der Waals surface area (Å²) in [6, 6.07) is 0. The van der Waals surface area contributed by atoms with Gasteiger partial charge in [-0.1, -0.05) is 41.5 Å². The zero-order valence-corrected chi connectivity index (χ0v) is 15.8. The van der Waals surface area contributed by atoms with Gasteiger partial charge in [-0.15, -0.1) is 0 Å². The van der Waals surface area contributed by atoms with E-state index in [1.165, 1.54) is 0 Å². The highest BCUT2D eigenvalue weighted by Gasteiger charge is 2.52. The summed E-state index contributed by atoms with van der Waals surface area (Å²) in [5.74, 6) is 0.0623. The van der Waals surface area contributed by atoms with Crippen LogP contribution in [0.5, 0.6) is 0 Å². The molecule has 0 spiro atoms. The molecule has 4 atom stereocenters. The summed E-state index contributed by atoms with van der Waals surface area (Å²) < 4.78 is 11.9. The molecule has 2 fully saturated rings. The summed E-state index contributed by atoms with van der Waals surface area (Å²) in [6.45, 7) is 14.2. The molecule has 0 aromatic carbocycles. The molecule has 0 unspecified atom stereocenters. The monoisotopic (exact) mass is 328 g/mol. The van der Waals surface area contributed by atoms with Crippen molar-refractivity contribution < 1.29 is 19.1 Å². The molecule has 0 aromatic rings. The first-order valence-electron chi connectivity index (χ1n) is 8.71. The number of esters is 1. The van der Waals surface area contributed by atoms with Gasteiger partial charge in [-0.25, -0.2) is 0 Å². The Morgan fingerprint density at radius 3 is 2.23 bits per heavy atom. The Morgan fingerprint density at radius 2 is 1.73 bits per heavy atom. The predicted molar refractivity (Wildman–Crippen MR) is 89.1 cm³/mol. The van der Waals surface area contributed by atoms with Crippen LogP contribution in [0.1, 0.15) is 54.4 Å². The third-order valence-electron chi connectivity index (χ3n) is 5.91. The lowest BCUT2D eigenvalue weighted by Gasteiger charge is -2.43. The molecule has 22 heavy (non-hydrogen) atoms. The van der Waals surface area contributed by atoms with Crippen molar-refractivity contribution in [2.75, 3.05) is 6.61 Å². The number of ether oxygens (including phenoxy) is 1. The normalized spacial score (nSPS) is 32.2. The standard InChI is InChI=1S/C17H32O4Si/c1-10(2)22(11(3)4,12(5)6)20-9-14-13-7-17(19)21-16(13)8-15(14)18/h10-16,18H,7-9H2,1-6H3/t13-,14-,15-,16+/m1/s1. The fraction of sp³-hybridized carbons (Fsp3) is 0.941. The Kier molecular flexibility index (Phi) is 5.40. The molecule has 1 aliphatic heterocycles. The molecule has 1 aliphatic carbocycles. The first-order valence-corrected chi connectivity index (χ1v) is 10.9. The second kappa shape index (κ2) is 6.61. The third kappa shape index (κ3) is 3.00. The molecule has 0 radical (unpaired) electrons. The van der Waals surface area contributed by atoms with E-state index in [9.17, 15) is 9.90 Å². The minimum atomic E-state index is -1.92. The fourth-order valence-corrected chi connectivity index (χ4v) is 10.4. The maximum absolute atomic E-state index is 11.5. The number of hydrogen-bond donors (Lipinski definition) is 1. The second-order valence-electron chi connectivity index (χ2n) is 7.99. The van der Waals surface area contributed by atoms with Crippen molar-refractivity contribution >= 4 is 14.3 Å². The average molecular weight is 329 g/mol. The number of aliphatic hydroxyl groups excluding tert-OH is 1. The lowest BCUT2D eigenvalue weighted by Crippen LogP contribution is -2.49. The fourth-order valence-electron chi connectivity index (χ4n) is 4.95. The van der Waals surface area contributed by atoms with Crippen LogP contribution in [0, 0.1) is 11.8 Å². The van der Waals surface area contributed by atoms with Gasteiger partial charge in [-0.2, -0.15) is 0 Å². The lowest BCUT2D eigenvalue weighted by molar-refractivity contribution is -0.141. The van der Waals surface area contributed by atoms with Crippen molar-refractivity contribution in [3.8, 4) is 0 Å². The van der Waals surface area contributed by atoms with Crippen LogP contribution in [0.3, 0.4) is 0 Å². The Morgan fingerprint density at radius 1 is 1.18 bits per heavy atom. The molecule has 1 saturated carbocycles. The number of rotatable bonds is 6. The topological polar surface area (TPSA) is 55.8 Å². The molecule has 2 rings (SSSR count). The summed E-state index contributed by atoms with van der Waals surface area (Å²) in [7, 11) is -1.92. The van der Waals surface area contributed by atoms with E-state index in [4.69, 9.17) is 9.16 Å². The molecule has 0 aromatic heterocycles. The van der Waals surface area contributed by atoms with E-state index < -0.39 is 14.4 Å². The predicted octanol–water partition coefficient (Wildman–Crippen LogP) is 3.49. The minimum Gasteiger partial charge on any atom is -0.462 e. The SMILES string of the molecule is CC(C)[Si](OC[C@@H]1[C@H]2CC(=O)O[C@H]2C[C@H]1O)(C(C)C)C(C)C. The highest BCUT2D eigenvalue weighted by Crippen LogP contribution is 2.45. The van der Waals surface area contributed by atoms with Gasteiger partial charge in [0.2, 0.25) is 0 Å². The average Bonchev–Trinajstić information content (AvgIpc) is 2.85. The molecule has 1 N–H and O–H groups in total. The van der Waals surface area contributed by atoms with E-state index in [2.05, 4.69) is 41.5 Å². The van der Waals surface area contributed by atoms with E-state index in [-0.39, 0.29) is 23.9 Å². The van der Waals surface area contributed by atoms with Gasteiger partial charge in [0.1, 0.15) is 6.10 Å². The molecule has 2 aliphatic rings. The van der Waals surface area contributed by atoms with Gasteiger partial charge in [0.25, 0.3) is 0 Å². The third-order valence-corrected chi connectivity index (χ3v) is 12.0. The smallest absolute Gasteiger partial charge is 0.306 e. The summed E-state index contributed by atoms with van der Waals surface area (Å²) in [4.78, 5) is 11.5. The Bertz CT molecular complexity index is 386. The highest BCUT2D eigenvalue weighted by atomic mass is 28.4. The molecule has 0 amide bonds. The number of carbonyl (C=O) groups is 1. The van der Waals surface area contributed by atoms with Crippen molar-refractivity contribution in [1.29, 1.82) is 0 Å². The van der Waals surface area contributed by atoms with Crippen LogP contribution in [0.4, 0.5) is 0 Å². The number of aliphatic hydroxyl groups is 1. The maximum atomic E-state index is 11.5. The van der Waals surface area contributed by atoms with Crippen molar-refractivity contribution in [2.24, 2.45) is 11.8 Å². The summed E-state index contributed by atoms with van der Waals surface area (Å²) in [5.41, 5.74) is 1.59. The zero-order valence-electron chi connectivity index (χ0n) is 14.8. The lowest BCUT2D eigenvalue weighted by atomic mass is 9.93. The first kappa shape index (κ1) is 18.0. The largest absolute Gasteiger partial charge is 0.462 e. The summed E-state index contributed by atoms with van der Waals surface area (Å²) in [6.07, 6.45) is 0.518. The van der Waals surface area contributed by atoms with Crippen molar-refractivity contribution in [2.45, 2.75) is 83.2 Å². The maximum Gasteiger partial charge on any atom is 0.306 e. The number of hydrogen-bond acceptors (Lipinski definition) is 4. The summed E-state index contributed by atoms with van der Waals surface area (Å²) in [5, 5.41) is 10.3. The van der Waals surface area contributed by atoms with Gasteiger partial charge < -0.3 is 14.3 Å². The van der Waals surface area contributed by atoms with Gasteiger partial charge in [0, 0.05) is 24.9 Å². The Hall–Kier alpha value is -0.393. The minimum absolute atomic E-state index is 0.0413. The molecular weight excluding hydrogens is 296 g/mol. The van der Waals surface area contributed by atoms with Gasteiger partial charge in [0.05, 0.1) is 12.5 Å². The van der Waals surface area contributed by atoms with Crippen molar-refractivity contribution in [1.82, 2.24) is 0 Å². The highest BCUT2D eigenvalue weighted by molar-refractivity contribution is 6.77. The Labute approximate surface area is 135 Å². The van der Waals surface area contributed by atoms with E-state index in [0.717, 1.165) is 0 Å². The van der Waals surface area contributed by atoms with Crippen LogP contribution in [-0.4, -0.2) is 38.2 Å². The van der Waals surface area contributed by atoms with Gasteiger partial charge >= 0.3 is 5.97 Å². The number of carbonyl (C=O) groups excluding carboxylic acids is 1. The molecular formula is C17H32O4Si. The van der Waals surface area contributed by atoms with Crippen LogP contribution in [0.2, 0.25) is 16.6 Å². The van der Waals surface area contributed by atoms with E-state index >= 15 is 0 Å². The van der Waals surface area contributed by atoms with E-state index in [1.54, 1.807) is 0 Å². The van der Waals surface area contributed by atoms with Gasteiger partial charge in [-0.3, -0.25) is 4.79 Å². The van der Waals surface area contributed by atoms with Gasteiger partial charge in [0.15, 0.2) is 8.32 Å². The molecule has 128 valence electrons. The number of fused-ring (bicyclic) bond motifs is 1. The van der Waals surface area contributed by atoms with Crippen LogP contribution in [0.25, 0.3) is 0 Å². The zero-order chi connectivity index (χ0) is 16.7. The van der Waals surface area contributed by atoms with E-state index in [1.807, 2.05) is 0 Å². The van der Waals surface area contributed by atoms with Crippen LogP contribution in [-0.2, 0) is 14.0 Å². The quantitative estimate of drug-likeness (QED) is 0.599. The van der Waals surface area contributed by atoms with Crippen molar-refractivity contribution in [3.63, 3.8) is 0 Å². The molecule has 1 saturated heterocycles. The van der Waals surface area contributed by atoms with E-state index in [0.29, 0.717) is 36.1 Å². The molecule has 4 nitrogen and oxygen atoms in total. The molecule has 0 bridgehead atoms. The van der Waals surface area contributed by atoms with Crippen molar-refractivity contribution in [3.05, 3.63) is 0 Å². The molecule has 1 heterocycles. The van der Waals surface area contributed by atoms with Crippen LogP contribution in [0.15, 0.2) is 0 Å². The molecule has 5 heteroatoms.